The van der Waals surface area contributed by atoms with E-state index in [0.29, 0.717) is 39.5 Å². The smallest absolute Gasteiger partial charge is 0.228 e. The summed E-state index contributed by atoms with van der Waals surface area (Å²) < 4.78 is 5.42. The first-order chi connectivity index (χ1) is 15.0. The van der Waals surface area contributed by atoms with Gasteiger partial charge >= 0.3 is 0 Å². The maximum Gasteiger partial charge on any atom is 0.228 e. The first-order valence-corrected chi connectivity index (χ1v) is 11.5. The Kier molecular flexibility index (Phi) is 7.27. The van der Waals surface area contributed by atoms with E-state index in [4.69, 9.17) is 33.7 Å². The Morgan fingerprint density at radius 1 is 1.13 bits per heavy atom. The second-order valence-corrected chi connectivity index (χ2v) is 9.09. The van der Waals surface area contributed by atoms with Gasteiger partial charge in [-0.05, 0) is 56.2 Å². The number of nitrogens with two attached hydrogens (primary N) is 1. The van der Waals surface area contributed by atoms with Gasteiger partial charge in [0.25, 0.3) is 0 Å². The van der Waals surface area contributed by atoms with Crippen molar-refractivity contribution in [2.45, 2.75) is 38.1 Å². The number of amides is 1. The van der Waals surface area contributed by atoms with Gasteiger partial charge in [-0.1, -0.05) is 23.2 Å². The molecule has 166 valence electrons. The third-order valence-electron chi connectivity index (χ3n) is 5.96. The molecule has 2 fully saturated rings. The number of nitrogens with zero attached hydrogens (tertiary/aromatic N) is 2. The summed E-state index contributed by atoms with van der Waals surface area (Å²) in [6.07, 6.45) is 5.94. The summed E-state index contributed by atoms with van der Waals surface area (Å²) in [5.74, 6) is 1.55. The Morgan fingerprint density at radius 3 is 2.68 bits per heavy atom. The number of hydrogen-bond donors (Lipinski definition) is 3. The van der Waals surface area contributed by atoms with E-state index in [1.54, 1.807) is 12.1 Å². The molecule has 4 rings (SSSR count). The number of rotatable bonds is 6. The third-order valence-corrected chi connectivity index (χ3v) is 6.57. The Balaban J connectivity index is 1.49. The molecule has 7 nitrogen and oxygen atoms in total. The minimum Gasteiger partial charge on any atom is -0.381 e. The average molecular weight is 464 g/mol. The Morgan fingerprint density at radius 2 is 1.94 bits per heavy atom. The predicted molar refractivity (Wildman–Crippen MR) is 123 cm³/mol. The van der Waals surface area contributed by atoms with Gasteiger partial charge in [-0.2, -0.15) is 0 Å². The summed E-state index contributed by atoms with van der Waals surface area (Å²) in [5.41, 5.74) is 7.10. The molecule has 1 aliphatic carbocycles. The predicted octanol–water partition coefficient (Wildman–Crippen LogP) is 4.35. The van der Waals surface area contributed by atoms with Crippen LogP contribution in [0.15, 0.2) is 24.4 Å². The average Bonchev–Trinajstić information content (AvgIpc) is 3.22. The van der Waals surface area contributed by atoms with Crippen molar-refractivity contribution in [3.8, 4) is 11.3 Å². The highest BCUT2D eigenvalue weighted by atomic mass is 35.5. The van der Waals surface area contributed by atoms with Crippen LogP contribution in [0.3, 0.4) is 0 Å². The molecule has 2 aromatic rings. The summed E-state index contributed by atoms with van der Waals surface area (Å²) in [6, 6.07) is 5.45. The van der Waals surface area contributed by atoms with E-state index in [-0.39, 0.29) is 17.9 Å². The molecule has 3 heterocycles. The maximum absolute atomic E-state index is 12.5. The number of pyridine rings is 2. The highest BCUT2D eigenvalue weighted by Gasteiger charge is 2.28. The number of anilines is 2. The number of nitrogens with one attached hydrogen (secondary N) is 2. The largest absolute Gasteiger partial charge is 0.381 e. The van der Waals surface area contributed by atoms with Crippen molar-refractivity contribution in [1.29, 1.82) is 0 Å². The van der Waals surface area contributed by atoms with Crippen molar-refractivity contribution in [3.63, 3.8) is 0 Å². The zero-order valence-corrected chi connectivity index (χ0v) is 18.8. The zero-order chi connectivity index (χ0) is 21.8. The molecule has 2 aliphatic rings. The lowest BCUT2D eigenvalue weighted by atomic mass is 10.0. The highest BCUT2D eigenvalue weighted by molar-refractivity contribution is 6.36. The molecule has 2 aromatic heterocycles. The lowest BCUT2D eigenvalue weighted by Gasteiger charge is -2.22. The monoisotopic (exact) mass is 463 g/mol. The summed E-state index contributed by atoms with van der Waals surface area (Å²) >= 11 is 12.9. The number of halogens is 2. The van der Waals surface area contributed by atoms with Crippen molar-refractivity contribution in [1.82, 2.24) is 9.97 Å². The molecule has 1 aliphatic heterocycles. The molecule has 0 bridgehead atoms. The van der Waals surface area contributed by atoms with E-state index in [9.17, 15) is 4.79 Å². The molecule has 2 atom stereocenters. The second kappa shape index (κ2) is 10.1. The number of carbonyl (C=O) groups is 1. The van der Waals surface area contributed by atoms with Crippen molar-refractivity contribution < 1.29 is 9.53 Å². The van der Waals surface area contributed by atoms with Gasteiger partial charge in [0.05, 0.1) is 15.7 Å². The number of aromatic nitrogens is 2. The fraction of sp³-hybridized carbons (Fsp3) is 0.500. The standard InChI is InChI=1S/C22H27Cl2N5O2/c23-17-3-4-19(26-11-13-5-7-31-8-6-13)28-21(17)16-10-20(27-12-18(16)24)29-22(30)14-1-2-15(25)9-14/h3-4,10,12-15H,1-2,5-9,11,25H2,(H,26,28)(H,27,29,30)/t14-,15+/m0/s1. The van der Waals surface area contributed by atoms with Crippen molar-refractivity contribution >= 4 is 40.7 Å². The van der Waals surface area contributed by atoms with Crippen LogP contribution >= 0.6 is 23.2 Å². The van der Waals surface area contributed by atoms with Gasteiger partial charge in [0.1, 0.15) is 11.6 Å². The van der Waals surface area contributed by atoms with Crippen LogP contribution in [0, 0.1) is 11.8 Å². The van der Waals surface area contributed by atoms with Crippen LogP contribution < -0.4 is 16.4 Å². The van der Waals surface area contributed by atoms with Crippen LogP contribution in [-0.2, 0) is 9.53 Å². The van der Waals surface area contributed by atoms with E-state index in [1.165, 1.54) is 6.20 Å². The normalized spacial score (nSPS) is 21.8. The highest BCUT2D eigenvalue weighted by Crippen LogP contribution is 2.34. The molecule has 0 aromatic carbocycles. The zero-order valence-electron chi connectivity index (χ0n) is 17.2. The van der Waals surface area contributed by atoms with Crippen LogP contribution in [-0.4, -0.2) is 41.7 Å². The SMILES string of the molecule is N[C@@H]1CC[C@H](C(=O)Nc2cc(-c3nc(NCC4CCOCC4)ccc3Cl)c(Cl)cn2)C1. The summed E-state index contributed by atoms with van der Waals surface area (Å²) in [4.78, 5) is 21.5. The topological polar surface area (TPSA) is 102 Å². The minimum atomic E-state index is -0.0876. The number of carbonyl (C=O) groups excluding carboxylic acids is 1. The van der Waals surface area contributed by atoms with Gasteiger partial charge in [-0.25, -0.2) is 9.97 Å². The van der Waals surface area contributed by atoms with Crippen LogP contribution in [0.1, 0.15) is 32.1 Å². The lowest BCUT2D eigenvalue weighted by Crippen LogP contribution is -2.23. The van der Waals surface area contributed by atoms with Gasteiger partial charge < -0.3 is 21.1 Å². The molecule has 0 radical (unpaired) electrons. The second-order valence-electron chi connectivity index (χ2n) is 8.27. The van der Waals surface area contributed by atoms with Gasteiger partial charge in [0.2, 0.25) is 5.91 Å². The van der Waals surface area contributed by atoms with Gasteiger partial charge in [-0.15, -0.1) is 0 Å². The van der Waals surface area contributed by atoms with Crippen molar-refractivity contribution in [3.05, 3.63) is 34.4 Å². The fourth-order valence-electron chi connectivity index (χ4n) is 4.10. The maximum atomic E-state index is 12.5. The van der Waals surface area contributed by atoms with Gasteiger partial charge in [0.15, 0.2) is 0 Å². The first kappa shape index (κ1) is 22.3. The molecule has 31 heavy (non-hydrogen) atoms. The van der Waals surface area contributed by atoms with Crippen LogP contribution in [0.4, 0.5) is 11.6 Å². The molecular weight excluding hydrogens is 437 g/mol. The van der Waals surface area contributed by atoms with E-state index in [1.807, 2.05) is 6.07 Å². The minimum absolute atomic E-state index is 0.0698. The number of hydrogen-bond acceptors (Lipinski definition) is 6. The van der Waals surface area contributed by atoms with E-state index in [2.05, 4.69) is 20.6 Å². The Labute approximate surface area is 192 Å². The van der Waals surface area contributed by atoms with Crippen molar-refractivity contribution in [2.75, 3.05) is 30.4 Å². The van der Waals surface area contributed by atoms with Crippen LogP contribution in [0.5, 0.6) is 0 Å². The number of ether oxygens (including phenoxy) is 1. The molecule has 1 saturated carbocycles. The molecule has 0 unspecified atom stereocenters. The molecule has 4 N–H and O–H groups in total. The summed E-state index contributed by atoms with van der Waals surface area (Å²) in [5, 5.41) is 7.16. The molecule has 0 spiro atoms. The van der Waals surface area contributed by atoms with Crippen molar-refractivity contribution in [2.24, 2.45) is 17.6 Å². The third kappa shape index (κ3) is 5.66. The van der Waals surface area contributed by atoms with Crippen LogP contribution in [0.2, 0.25) is 10.0 Å². The summed E-state index contributed by atoms with van der Waals surface area (Å²) in [6.45, 7) is 2.44. The van der Waals surface area contributed by atoms with E-state index >= 15 is 0 Å². The lowest BCUT2D eigenvalue weighted by molar-refractivity contribution is -0.119. The molecular formula is C22H27Cl2N5O2. The quantitative estimate of drug-likeness (QED) is 0.588. The fourth-order valence-corrected chi connectivity index (χ4v) is 4.50. The molecule has 1 amide bonds. The molecule has 9 heteroatoms. The van der Waals surface area contributed by atoms with Gasteiger partial charge in [-0.3, -0.25) is 4.79 Å². The van der Waals surface area contributed by atoms with E-state index in [0.717, 1.165) is 51.3 Å². The summed E-state index contributed by atoms with van der Waals surface area (Å²) in [7, 11) is 0. The Bertz CT molecular complexity index is 936. The Hall–Kier alpha value is -1.93. The van der Waals surface area contributed by atoms with Gasteiger partial charge in [0, 0.05) is 43.5 Å². The first-order valence-electron chi connectivity index (χ1n) is 10.7. The van der Waals surface area contributed by atoms with E-state index < -0.39 is 0 Å². The molecule has 1 saturated heterocycles. The van der Waals surface area contributed by atoms with Crippen LogP contribution in [0.25, 0.3) is 11.3 Å².